The number of carbonyl (C=O) groups is 1. The fourth-order valence-electron chi connectivity index (χ4n) is 6.34. The standard InChI is InChI=1S/C24H34N2O4S/c1-3-4-5-14-26-23(27)22-11-10-21-20-8-6-16-15-17(30-31(25,28)29)7-9-18(16)19(20)12-13-24(21,22)2/h7,9,11,15,19-21H,3-6,8,10,12-14H2,1-2H3,(H,26,27)(H2,25,28,29)/t19-,20-,21+,24+/m1/s1. The number of benzene rings is 1. The summed E-state index contributed by atoms with van der Waals surface area (Å²) >= 11 is 0. The highest BCUT2D eigenvalue weighted by Crippen LogP contribution is 2.61. The molecule has 1 aromatic rings. The number of aryl methyl sites for hydroxylation is 1. The molecule has 0 unspecified atom stereocenters. The third-order valence-corrected chi connectivity index (χ3v) is 8.23. The molecule has 3 aliphatic rings. The summed E-state index contributed by atoms with van der Waals surface area (Å²) in [4.78, 5) is 12.9. The molecule has 0 saturated heterocycles. The molecule has 0 aromatic heterocycles. The maximum Gasteiger partial charge on any atom is 0.380 e. The SMILES string of the molecule is CCCCCNC(=O)C1=CC[C@H]2[C@@H]3CCc4cc(OS(N)(=O)=O)ccc4[C@H]3CC[C@]12C. The van der Waals surface area contributed by atoms with Gasteiger partial charge in [0.1, 0.15) is 5.75 Å². The van der Waals surface area contributed by atoms with E-state index in [4.69, 9.17) is 9.32 Å². The van der Waals surface area contributed by atoms with Crippen molar-refractivity contribution in [3.63, 3.8) is 0 Å². The molecule has 31 heavy (non-hydrogen) atoms. The van der Waals surface area contributed by atoms with Crippen LogP contribution < -0.4 is 14.6 Å². The molecule has 0 aliphatic heterocycles. The van der Waals surface area contributed by atoms with Crippen LogP contribution in [0, 0.1) is 17.3 Å². The van der Waals surface area contributed by atoms with Crippen LogP contribution in [0.15, 0.2) is 29.8 Å². The fraction of sp³-hybridized carbons (Fsp3) is 0.625. The van der Waals surface area contributed by atoms with Crippen molar-refractivity contribution >= 4 is 16.2 Å². The summed E-state index contributed by atoms with van der Waals surface area (Å²) in [5.41, 5.74) is 3.41. The lowest BCUT2D eigenvalue weighted by molar-refractivity contribution is -0.119. The van der Waals surface area contributed by atoms with Gasteiger partial charge in [-0.25, -0.2) is 0 Å². The van der Waals surface area contributed by atoms with Gasteiger partial charge in [0.15, 0.2) is 0 Å². The second kappa shape index (κ2) is 8.58. The number of fused-ring (bicyclic) bond motifs is 5. The van der Waals surface area contributed by atoms with E-state index in [9.17, 15) is 13.2 Å². The van der Waals surface area contributed by atoms with Gasteiger partial charge in [-0.05, 0) is 79.5 Å². The summed E-state index contributed by atoms with van der Waals surface area (Å²) in [6.07, 6.45) is 10.5. The van der Waals surface area contributed by atoms with E-state index in [2.05, 4.69) is 25.2 Å². The molecule has 0 radical (unpaired) electrons. The number of unbranched alkanes of at least 4 members (excludes halogenated alkanes) is 2. The van der Waals surface area contributed by atoms with Crippen molar-refractivity contribution < 1.29 is 17.4 Å². The highest BCUT2D eigenvalue weighted by Gasteiger charge is 2.53. The van der Waals surface area contributed by atoms with Gasteiger partial charge in [-0.3, -0.25) is 4.79 Å². The highest BCUT2D eigenvalue weighted by atomic mass is 32.2. The Balaban J connectivity index is 1.48. The maximum absolute atomic E-state index is 12.9. The van der Waals surface area contributed by atoms with Crippen LogP contribution >= 0.6 is 0 Å². The van der Waals surface area contributed by atoms with Crippen molar-refractivity contribution in [3.8, 4) is 5.75 Å². The topological polar surface area (TPSA) is 98.5 Å². The number of amides is 1. The maximum atomic E-state index is 12.9. The molecular formula is C24H34N2O4S. The lowest BCUT2D eigenvalue weighted by Gasteiger charge is -2.50. The average Bonchev–Trinajstić information content (AvgIpc) is 3.07. The van der Waals surface area contributed by atoms with E-state index in [0.717, 1.165) is 69.0 Å². The normalized spacial score (nSPS) is 29.4. The highest BCUT2D eigenvalue weighted by molar-refractivity contribution is 7.84. The van der Waals surface area contributed by atoms with Gasteiger partial charge in [0.2, 0.25) is 5.91 Å². The number of hydrogen-bond donors (Lipinski definition) is 2. The average molecular weight is 447 g/mol. The minimum absolute atomic E-state index is 0.0514. The largest absolute Gasteiger partial charge is 0.380 e. The molecule has 3 aliphatic carbocycles. The van der Waals surface area contributed by atoms with E-state index in [1.807, 2.05) is 12.1 Å². The molecule has 4 atom stereocenters. The fourth-order valence-corrected chi connectivity index (χ4v) is 6.71. The monoisotopic (exact) mass is 446 g/mol. The number of carbonyl (C=O) groups excluding carboxylic acids is 1. The first-order valence-electron chi connectivity index (χ1n) is 11.6. The Labute approximate surface area is 185 Å². The third-order valence-electron chi connectivity index (χ3n) is 7.80. The lowest BCUT2D eigenvalue weighted by atomic mass is 9.54. The van der Waals surface area contributed by atoms with Gasteiger partial charge >= 0.3 is 10.3 Å². The summed E-state index contributed by atoms with van der Waals surface area (Å²) in [5.74, 6) is 1.88. The molecule has 1 amide bonds. The summed E-state index contributed by atoms with van der Waals surface area (Å²) in [5, 5.41) is 8.17. The zero-order chi connectivity index (χ0) is 22.2. The van der Waals surface area contributed by atoms with Crippen molar-refractivity contribution in [3.05, 3.63) is 41.0 Å². The van der Waals surface area contributed by atoms with Crippen molar-refractivity contribution in [1.29, 1.82) is 0 Å². The third kappa shape index (κ3) is 4.40. The molecule has 3 N–H and O–H groups in total. The van der Waals surface area contributed by atoms with Crippen LogP contribution in [0.1, 0.15) is 75.8 Å². The molecule has 0 bridgehead atoms. The lowest BCUT2D eigenvalue weighted by Crippen LogP contribution is -2.44. The van der Waals surface area contributed by atoms with Crippen LogP contribution in [0.3, 0.4) is 0 Å². The molecule has 0 heterocycles. The van der Waals surface area contributed by atoms with Gasteiger partial charge in [0, 0.05) is 17.5 Å². The molecule has 0 spiro atoms. The van der Waals surface area contributed by atoms with E-state index in [1.165, 1.54) is 5.56 Å². The van der Waals surface area contributed by atoms with Crippen molar-refractivity contribution in [2.75, 3.05) is 6.54 Å². The zero-order valence-corrected chi connectivity index (χ0v) is 19.3. The smallest absolute Gasteiger partial charge is 0.371 e. The quantitative estimate of drug-likeness (QED) is 0.619. The van der Waals surface area contributed by atoms with E-state index >= 15 is 0 Å². The van der Waals surface area contributed by atoms with E-state index in [-0.39, 0.29) is 17.1 Å². The number of nitrogens with two attached hydrogens (primary N) is 1. The van der Waals surface area contributed by atoms with Crippen molar-refractivity contribution in [1.82, 2.24) is 5.32 Å². The number of hydrogen-bond acceptors (Lipinski definition) is 4. The van der Waals surface area contributed by atoms with E-state index < -0.39 is 10.3 Å². The van der Waals surface area contributed by atoms with Crippen molar-refractivity contribution in [2.24, 2.45) is 22.4 Å². The minimum Gasteiger partial charge on any atom is -0.371 e. The van der Waals surface area contributed by atoms with Gasteiger partial charge in [-0.15, -0.1) is 0 Å². The first-order valence-corrected chi connectivity index (χ1v) is 13.0. The van der Waals surface area contributed by atoms with Crippen LogP contribution in [0.4, 0.5) is 0 Å². The van der Waals surface area contributed by atoms with Gasteiger partial charge in [-0.2, -0.15) is 13.6 Å². The van der Waals surface area contributed by atoms with Gasteiger partial charge in [-0.1, -0.05) is 38.8 Å². The summed E-state index contributed by atoms with van der Waals surface area (Å²) < 4.78 is 27.4. The second-order valence-corrected chi connectivity index (χ2v) is 10.8. The van der Waals surface area contributed by atoms with Gasteiger partial charge < -0.3 is 9.50 Å². The number of rotatable bonds is 7. The van der Waals surface area contributed by atoms with Crippen LogP contribution in [-0.2, 0) is 21.5 Å². The molecule has 4 rings (SSSR count). The van der Waals surface area contributed by atoms with E-state index in [0.29, 0.717) is 17.8 Å². The Hall–Kier alpha value is -1.86. The Bertz CT molecular complexity index is 987. The number of allylic oxidation sites excluding steroid dienone is 1. The molecule has 1 fully saturated rings. The zero-order valence-electron chi connectivity index (χ0n) is 18.5. The summed E-state index contributed by atoms with van der Waals surface area (Å²) in [7, 11) is -4.02. The Morgan fingerprint density at radius 2 is 2.10 bits per heavy atom. The molecule has 6 nitrogen and oxygen atoms in total. The molecule has 170 valence electrons. The van der Waals surface area contributed by atoms with Crippen LogP contribution in [-0.4, -0.2) is 20.9 Å². The van der Waals surface area contributed by atoms with Gasteiger partial charge in [0.25, 0.3) is 0 Å². The Kier molecular flexibility index (Phi) is 6.19. The predicted molar refractivity (Wildman–Crippen MR) is 121 cm³/mol. The van der Waals surface area contributed by atoms with E-state index in [1.54, 1.807) is 6.07 Å². The molecule has 1 aromatic carbocycles. The van der Waals surface area contributed by atoms with Crippen LogP contribution in [0.5, 0.6) is 5.75 Å². The molecule has 1 saturated carbocycles. The summed E-state index contributed by atoms with van der Waals surface area (Å²) in [6.45, 7) is 5.21. The minimum atomic E-state index is -4.02. The first-order chi connectivity index (χ1) is 14.7. The molecular weight excluding hydrogens is 412 g/mol. The predicted octanol–water partition coefficient (Wildman–Crippen LogP) is 3.97. The second-order valence-electron chi connectivity index (χ2n) is 9.62. The van der Waals surface area contributed by atoms with Crippen LogP contribution in [0.25, 0.3) is 0 Å². The summed E-state index contributed by atoms with van der Waals surface area (Å²) in [6, 6.07) is 5.55. The first kappa shape index (κ1) is 22.3. The van der Waals surface area contributed by atoms with Crippen LogP contribution in [0.2, 0.25) is 0 Å². The Morgan fingerprint density at radius 1 is 1.29 bits per heavy atom. The van der Waals surface area contributed by atoms with Crippen molar-refractivity contribution in [2.45, 2.75) is 71.1 Å². The Morgan fingerprint density at radius 3 is 2.84 bits per heavy atom. The van der Waals surface area contributed by atoms with Gasteiger partial charge in [0.05, 0.1) is 0 Å². The molecule has 7 heteroatoms. The number of nitrogens with one attached hydrogen (secondary N) is 1.